The molecule has 0 aliphatic heterocycles. The van der Waals surface area contributed by atoms with E-state index < -0.39 is 23.3 Å². The lowest BCUT2D eigenvalue weighted by atomic mass is 10.00. The Hall–Kier alpha value is -2.62. The number of hydrogen-bond acceptors (Lipinski definition) is 0. The van der Waals surface area contributed by atoms with E-state index in [0.29, 0.717) is 5.57 Å². The van der Waals surface area contributed by atoms with Crippen LogP contribution in [0.5, 0.6) is 0 Å². The molecular weight excluding hydrogens is 328 g/mol. The second kappa shape index (κ2) is 7.97. The molecule has 0 spiro atoms. The molecular formula is C21H18F4. The third-order valence-corrected chi connectivity index (χ3v) is 3.77. The van der Waals surface area contributed by atoms with Gasteiger partial charge in [0.05, 0.1) is 0 Å². The highest BCUT2D eigenvalue weighted by Gasteiger charge is 2.14. The quantitative estimate of drug-likeness (QED) is 0.318. The number of hydrogen-bond donors (Lipinski definition) is 0. The van der Waals surface area contributed by atoms with Gasteiger partial charge in [-0.25, -0.2) is 17.6 Å². The van der Waals surface area contributed by atoms with Crippen molar-refractivity contribution in [3.05, 3.63) is 95.1 Å². The maximum absolute atomic E-state index is 14.2. The molecule has 0 unspecified atom stereocenters. The normalized spacial score (nSPS) is 12.4. The summed E-state index contributed by atoms with van der Waals surface area (Å²) in [6.45, 7) is 7.45. The number of rotatable bonds is 5. The van der Waals surface area contributed by atoms with Gasteiger partial charge < -0.3 is 0 Å². The summed E-state index contributed by atoms with van der Waals surface area (Å²) < 4.78 is 54.3. The molecule has 0 saturated heterocycles. The summed E-state index contributed by atoms with van der Waals surface area (Å²) in [6, 6.07) is 9.15. The zero-order chi connectivity index (χ0) is 18.6. The lowest BCUT2D eigenvalue weighted by Crippen LogP contribution is -1.95. The minimum absolute atomic E-state index is 0.00596. The Morgan fingerprint density at radius 3 is 2.04 bits per heavy atom. The van der Waals surface area contributed by atoms with Gasteiger partial charge in [0.25, 0.3) is 0 Å². The highest BCUT2D eigenvalue weighted by molar-refractivity contribution is 5.81. The van der Waals surface area contributed by atoms with Crippen molar-refractivity contribution in [2.75, 3.05) is 0 Å². The van der Waals surface area contributed by atoms with E-state index in [0.717, 1.165) is 23.3 Å². The van der Waals surface area contributed by atoms with Crippen LogP contribution in [-0.2, 0) is 0 Å². The molecule has 0 aliphatic carbocycles. The van der Waals surface area contributed by atoms with Gasteiger partial charge in [0.15, 0.2) is 17.5 Å². The number of halogens is 4. The van der Waals surface area contributed by atoms with Gasteiger partial charge in [0.2, 0.25) is 0 Å². The van der Waals surface area contributed by atoms with Crippen LogP contribution in [0.1, 0.15) is 30.0 Å². The molecule has 0 saturated carbocycles. The first-order valence-electron chi connectivity index (χ1n) is 7.81. The maximum atomic E-state index is 14.2. The van der Waals surface area contributed by atoms with Gasteiger partial charge in [-0.15, -0.1) is 0 Å². The Morgan fingerprint density at radius 2 is 1.52 bits per heavy atom. The molecule has 0 aromatic heterocycles. The van der Waals surface area contributed by atoms with E-state index >= 15 is 0 Å². The van der Waals surface area contributed by atoms with E-state index in [-0.39, 0.29) is 17.6 Å². The van der Waals surface area contributed by atoms with Crippen LogP contribution in [0, 0.1) is 24.4 Å². The third kappa shape index (κ3) is 4.47. The van der Waals surface area contributed by atoms with Crippen LogP contribution in [0.15, 0.2) is 61.0 Å². The maximum Gasteiger partial charge on any atom is 0.194 e. The first kappa shape index (κ1) is 18.7. The fraction of sp³-hybridized carbons (Fsp3) is 0.143. The highest BCUT2D eigenvalue weighted by atomic mass is 19.2. The summed E-state index contributed by atoms with van der Waals surface area (Å²) in [7, 11) is 0. The molecule has 0 fully saturated rings. The van der Waals surface area contributed by atoms with Crippen LogP contribution >= 0.6 is 0 Å². The second-order valence-electron chi connectivity index (χ2n) is 5.65. The number of allylic oxidation sites excluding steroid dienone is 5. The fourth-order valence-corrected chi connectivity index (χ4v) is 2.29. The summed E-state index contributed by atoms with van der Waals surface area (Å²) in [5.41, 5.74) is 2.48. The van der Waals surface area contributed by atoms with Crippen LogP contribution in [0.25, 0.3) is 11.1 Å². The van der Waals surface area contributed by atoms with Crippen molar-refractivity contribution in [2.24, 2.45) is 0 Å². The summed E-state index contributed by atoms with van der Waals surface area (Å²) in [5, 5.41) is 0. The minimum atomic E-state index is -1.58. The van der Waals surface area contributed by atoms with Crippen molar-refractivity contribution in [3.8, 4) is 0 Å². The van der Waals surface area contributed by atoms with E-state index in [1.807, 2.05) is 31.2 Å². The van der Waals surface area contributed by atoms with E-state index in [2.05, 4.69) is 6.58 Å². The van der Waals surface area contributed by atoms with Gasteiger partial charge in [0, 0.05) is 5.57 Å². The van der Waals surface area contributed by atoms with Crippen molar-refractivity contribution < 1.29 is 17.6 Å². The van der Waals surface area contributed by atoms with Crippen molar-refractivity contribution >= 4 is 11.1 Å². The topological polar surface area (TPSA) is 0 Å². The molecule has 0 aliphatic rings. The highest BCUT2D eigenvalue weighted by Crippen LogP contribution is 2.27. The predicted octanol–water partition coefficient (Wildman–Crippen LogP) is 6.77. The zero-order valence-corrected chi connectivity index (χ0v) is 14.0. The van der Waals surface area contributed by atoms with Gasteiger partial charge in [-0.2, -0.15) is 0 Å². The molecule has 130 valence electrons. The molecule has 2 aromatic carbocycles. The fourth-order valence-electron chi connectivity index (χ4n) is 2.29. The third-order valence-electron chi connectivity index (χ3n) is 3.77. The average molecular weight is 346 g/mol. The van der Waals surface area contributed by atoms with Gasteiger partial charge in [0.1, 0.15) is 5.83 Å². The lowest BCUT2D eigenvalue weighted by Gasteiger charge is -2.08. The van der Waals surface area contributed by atoms with Crippen LogP contribution < -0.4 is 0 Å². The first-order valence-corrected chi connectivity index (χ1v) is 7.81. The molecule has 2 aromatic rings. The Kier molecular flexibility index (Phi) is 5.97. The van der Waals surface area contributed by atoms with Crippen molar-refractivity contribution in [2.45, 2.75) is 20.3 Å². The summed E-state index contributed by atoms with van der Waals surface area (Å²) in [4.78, 5) is 0. The van der Waals surface area contributed by atoms with E-state index in [9.17, 15) is 17.6 Å². The zero-order valence-electron chi connectivity index (χ0n) is 14.0. The van der Waals surface area contributed by atoms with Crippen LogP contribution in [-0.4, -0.2) is 0 Å². The molecule has 25 heavy (non-hydrogen) atoms. The second-order valence-corrected chi connectivity index (χ2v) is 5.65. The monoisotopic (exact) mass is 346 g/mol. The van der Waals surface area contributed by atoms with Crippen molar-refractivity contribution in [1.29, 1.82) is 0 Å². The standard InChI is InChI=1S/C21H18F4/c1-4-18(22)17(16-11-19(23)21(25)20(24)12-16)10-7-14(3)15-8-5-13(2)6-9-15/h5-12H,3-4H2,1-2H3/b10-7-,18-17-. The summed E-state index contributed by atoms with van der Waals surface area (Å²) in [6.07, 6.45) is 3.00. The minimum Gasteiger partial charge on any atom is -0.211 e. The average Bonchev–Trinajstić information content (AvgIpc) is 2.59. The van der Waals surface area contributed by atoms with E-state index in [1.54, 1.807) is 13.0 Å². The van der Waals surface area contributed by atoms with Crippen LogP contribution in [0.2, 0.25) is 0 Å². The number of benzene rings is 2. The molecule has 2 rings (SSSR count). The molecule has 0 N–H and O–H groups in total. The molecule has 0 atom stereocenters. The molecule has 4 heteroatoms. The largest absolute Gasteiger partial charge is 0.211 e. The van der Waals surface area contributed by atoms with Crippen molar-refractivity contribution in [3.63, 3.8) is 0 Å². The van der Waals surface area contributed by atoms with E-state index in [4.69, 9.17) is 0 Å². The van der Waals surface area contributed by atoms with Crippen molar-refractivity contribution in [1.82, 2.24) is 0 Å². The van der Waals surface area contributed by atoms with Gasteiger partial charge >= 0.3 is 0 Å². The van der Waals surface area contributed by atoms with E-state index in [1.165, 1.54) is 6.08 Å². The Bertz CT molecular complexity index is 820. The Labute approximate surface area is 144 Å². The SMILES string of the molecule is C=C(/C=C\C(=C(\F)CC)c1cc(F)c(F)c(F)c1)c1ccc(C)cc1. The molecule has 0 nitrogen and oxygen atoms in total. The van der Waals surface area contributed by atoms with Gasteiger partial charge in [-0.05, 0) is 42.2 Å². The molecule has 0 amide bonds. The smallest absolute Gasteiger partial charge is 0.194 e. The molecule has 0 heterocycles. The molecule has 0 bridgehead atoms. The van der Waals surface area contributed by atoms with Crippen LogP contribution in [0.4, 0.5) is 17.6 Å². The molecule has 0 radical (unpaired) electrons. The first-order chi connectivity index (χ1) is 11.8. The number of aryl methyl sites for hydroxylation is 1. The van der Waals surface area contributed by atoms with Gasteiger partial charge in [-0.1, -0.05) is 55.5 Å². The summed E-state index contributed by atoms with van der Waals surface area (Å²) >= 11 is 0. The van der Waals surface area contributed by atoms with Crippen LogP contribution in [0.3, 0.4) is 0 Å². The summed E-state index contributed by atoms with van der Waals surface area (Å²) in [5.74, 6) is -4.85. The Morgan fingerprint density at radius 1 is 0.960 bits per heavy atom. The lowest BCUT2D eigenvalue weighted by molar-refractivity contribution is 0.446. The Balaban J connectivity index is 2.40. The van der Waals surface area contributed by atoms with Gasteiger partial charge in [-0.3, -0.25) is 0 Å². The predicted molar refractivity (Wildman–Crippen MR) is 94.0 cm³/mol.